The highest BCUT2D eigenvalue weighted by atomic mass is 35.5. The van der Waals surface area contributed by atoms with Crippen molar-refractivity contribution in [3.63, 3.8) is 0 Å². The fourth-order valence-corrected chi connectivity index (χ4v) is 2.65. The van der Waals surface area contributed by atoms with E-state index in [-0.39, 0.29) is 24.2 Å². The predicted molar refractivity (Wildman–Crippen MR) is 88.1 cm³/mol. The highest BCUT2D eigenvalue weighted by Crippen LogP contribution is 2.32. The lowest BCUT2D eigenvalue weighted by atomic mass is 10.0. The minimum atomic E-state index is -0.730. The molecule has 6 heteroatoms. The zero-order valence-corrected chi connectivity index (χ0v) is 13.5. The molecule has 2 aliphatic rings. The van der Waals surface area contributed by atoms with E-state index in [4.69, 9.17) is 5.73 Å². The van der Waals surface area contributed by atoms with E-state index in [9.17, 15) is 9.59 Å². The van der Waals surface area contributed by atoms with Crippen molar-refractivity contribution in [2.24, 2.45) is 5.73 Å². The molecule has 5 nitrogen and oxygen atoms in total. The van der Waals surface area contributed by atoms with Crippen LogP contribution in [0.15, 0.2) is 24.3 Å². The van der Waals surface area contributed by atoms with Crippen molar-refractivity contribution in [3.8, 4) is 0 Å². The van der Waals surface area contributed by atoms with Gasteiger partial charge in [0.25, 0.3) is 0 Å². The quantitative estimate of drug-likeness (QED) is 0.885. The molecular formula is C16H22ClN3O2. The lowest BCUT2D eigenvalue weighted by Crippen LogP contribution is -2.56. The predicted octanol–water partition coefficient (Wildman–Crippen LogP) is 1.52. The Morgan fingerprint density at radius 2 is 1.95 bits per heavy atom. The Morgan fingerprint density at radius 3 is 2.55 bits per heavy atom. The van der Waals surface area contributed by atoms with Gasteiger partial charge in [-0.1, -0.05) is 17.7 Å². The molecule has 0 bridgehead atoms. The maximum absolute atomic E-state index is 12.6. The number of hydrogen-bond acceptors (Lipinski definition) is 3. The average molecular weight is 324 g/mol. The number of halogens is 1. The second kappa shape index (κ2) is 6.26. The molecule has 1 aromatic rings. The zero-order chi connectivity index (χ0) is 15.0. The maximum atomic E-state index is 12.6. The third-order valence-corrected chi connectivity index (χ3v) is 4.33. The largest absolute Gasteiger partial charge is 0.343 e. The van der Waals surface area contributed by atoms with Crippen LogP contribution in [0, 0.1) is 6.92 Å². The second-order valence-corrected chi connectivity index (χ2v) is 6.15. The highest BCUT2D eigenvalue weighted by molar-refractivity contribution is 6.01. The summed E-state index contributed by atoms with van der Waals surface area (Å²) < 4.78 is 0. The Hall–Kier alpha value is -1.59. The van der Waals surface area contributed by atoms with Crippen LogP contribution in [0.5, 0.6) is 0 Å². The Kier molecular flexibility index (Phi) is 4.78. The van der Waals surface area contributed by atoms with Gasteiger partial charge >= 0.3 is 0 Å². The van der Waals surface area contributed by atoms with Gasteiger partial charge in [-0.2, -0.15) is 0 Å². The summed E-state index contributed by atoms with van der Waals surface area (Å²) in [6, 6.07) is 7.42. The summed E-state index contributed by atoms with van der Waals surface area (Å²) in [5.74, 6) is -0.227. The normalized spacial score (nSPS) is 22.7. The molecule has 0 aromatic heterocycles. The van der Waals surface area contributed by atoms with Crippen LogP contribution in [0.3, 0.4) is 0 Å². The van der Waals surface area contributed by atoms with E-state index >= 15 is 0 Å². The van der Waals surface area contributed by atoms with Gasteiger partial charge in [-0.3, -0.25) is 9.59 Å². The summed E-state index contributed by atoms with van der Waals surface area (Å²) in [4.78, 5) is 26.3. The van der Waals surface area contributed by atoms with Crippen molar-refractivity contribution in [2.45, 2.75) is 44.2 Å². The number of aryl methyl sites for hydroxylation is 1. The van der Waals surface area contributed by atoms with Crippen molar-refractivity contribution >= 4 is 29.9 Å². The Morgan fingerprint density at radius 1 is 1.32 bits per heavy atom. The second-order valence-electron chi connectivity index (χ2n) is 6.15. The molecule has 2 amide bonds. The SMILES string of the molecule is Cc1ccc(N2CCCC(NC(=O)C3(N)CC3)C2=O)cc1.Cl. The van der Waals surface area contributed by atoms with E-state index < -0.39 is 11.6 Å². The van der Waals surface area contributed by atoms with E-state index in [0.29, 0.717) is 25.8 Å². The van der Waals surface area contributed by atoms with Crippen LogP contribution in [0.2, 0.25) is 0 Å². The zero-order valence-electron chi connectivity index (χ0n) is 12.7. The summed E-state index contributed by atoms with van der Waals surface area (Å²) in [6.07, 6.45) is 2.98. The minimum Gasteiger partial charge on any atom is -0.343 e. The number of benzene rings is 1. The number of hydrogen-bond donors (Lipinski definition) is 2. The molecule has 1 saturated carbocycles. The molecule has 3 rings (SSSR count). The van der Waals surface area contributed by atoms with Gasteiger partial charge in [-0.05, 0) is 44.7 Å². The standard InChI is InChI=1S/C16H21N3O2.ClH/c1-11-4-6-12(7-5-11)19-10-2-3-13(14(19)20)18-15(21)16(17)8-9-16;/h4-7,13H,2-3,8-10,17H2,1H3,(H,18,21);1H. The molecule has 1 unspecified atom stereocenters. The molecule has 2 fully saturated rings. The van der Waals surface area contributed by atoms with Gasteiger partial charge < -0.3 is 16.0 Å². The number of nitrogens with two attached hydrogens (primary N) is 1. The van der Waals surface area contributed by atoms with Crippen LogP contribution in [0.1, 0.15) is 31.2 Å². The summed E-state index contributed by atoms with van der Waals surface area (Å²) >= 11 is 0. The van der Waals surface area contributed by atoms with E-state index in [1.165, 1.54) is 0 Å². The van der Waals surface area contributed by atoms with E-state index in [1.54, 1.807) is 4.90 Å². The van der Waals surface area contributed by atoms with Crippen molar-refractivity contribution in [2.75, 3.05) is 11.4 Å². The van der Waals surface area contributed by atoms with E-state index in [2.05, 4.69) is 5.32 Å². The van der Waals surface area contributed by atoms with Crippen molar-refractivity contribution < 1.29 is 9.59 Å². The number of anilines is 1. The molecule has 1 aliphatic carbocycles. The molecule has 1 atom stereocenters. The molecule has 3 N–H and O–H groups in total. The number of rotatable bonds is 3. The van der Waals surface area contributed by atoms with Gasteiger partial charge in [0, 0.05) is 12.2 Å². The molecule has 1 aliphatic heterocycles. The topological polar surface area (TPSA) is 75.4 Å². The fourth-order valence-electron chi connectivity index (χ4n) is 2.65. The molecule has 1 heterocycles. The van der Waals surface area contributed by atoms with Gasteiger partial charge in [0.15, 0.2) is 0 Å². The van der Waals surface area contributed by atoms with Crippen LogP contribution < -0.4 is 16.0 Å². The maximum Gasteiger partial charge on any atom is 0.249 e. The van der Waals surface area contributed by atoms with Crippen LogP contribution in [-0.2, 0) is 9.59 Å². The van der Waals surface area contributed by atoms with E-state index in [0.717, 1.165) is 17.7 Å². The lowest BCUT2D eigenvalue weighted by Gasteiger charge is -2.33. The van der Waals surface area contributed by atoms with Crippen LogP contribution >= 0.6 is 12.4 Å². The summed E-state index contributed by atoms with van der Waals surface area (Å²) in [5.41, 5.74) is 7.20. The molecule has 1 saturated heterocycles. The van der Waals surface area contributed by atoms with Gasteiger partial charge in [-0.25, -0.2) is 0 Å². The number of carbonyl (C=O) groups excluding carboxylic acids is 2. The third-order valence-electron chi connectivity index (χ3n) is 4.33. The summed E-state index contributed by atoms with van der Waals surface area (Å²) in [6.45, 7) is 2.71. The number of carbonyl (C=O) groups is 2. The first kappa shape index (κ1) is 16.8. The van der Waals surface area contributed by atoms with Crippen LogP contribution in [0.4, 0.5) is 5.69 Å². The molecule has 0 spiro atoms. The highest BCUT2D eigenvalue weighted by Gasteiger charge is 2.47. The molecule has 1 aromatic carbocycles. The molecular weight excluding hydrogens is 302 g/mol. The number of amides is 2. The van der Waals surface area contributed by atoms with E-state index in [1.807, 2.05) is 31.2 Å². The molecule has 120 valence electrons. The van der Waals surface area contributed by atoms with Crippen molar-refractivity contribution in [1.29, 1.82) is 0 Å². The van der Waals surface area contributed by atoms with Gasteiger partial charge in [-0.15, -0.1) is 12.4 Å². The van der Waals surface area contributed by atoms with Crippen molar-refractivity contribution in [1.82, 2.24) is 5.32 Å². The third kappa shape index (κ3) is 3.25. The summed E-state index contributed by atoms with van der Waals surface area (Å²) in [7, 11) is 0. The fraction of sp³-hybridized carbons (Fsp3) is 0.500. The van der Waals surface area contributed by atoms with Crippen LogP contribution in [-0.4, -0.2) is 29.9 Å². The summed E-state index contributed by atoms with van der Waals surface area (Å²) in [5, 5.41) is 2.83. The Labute approximate surface area is 136 Å². The van der Waals surface area contributed by atoms with Gasteiger partial charge in [0.05, 0.1) is 5.54 Å². The minimum absolute atomic E-state index is 0. The first-order chi connectivity index (χ1) is 9.99. The average Bonchev–Trinajstić information content (AvgIpc) is 3.22. The van der Waals surface area contributed by atoms with Crippen LogP contribution in [0.25, 0.3) is 0 Å². The monoisotopic (exact) mass is 323 g/mol. The Bertz CT molecular complexity index is 569. The smallest absolute Gasteiger partial charge is 0.249 e. The number of nitrogens with one attached hydrogen (secondary N) is 1. The number of nitrogens with zero attached hydrogens (tertiary/aromatic N) is 1. The Balaban J connectivity index is 0.00000176. The molecule has 0 radical (unpaired) electrons. The number of piperidine rings is 1. The lowest BCUT2D eigenvalue weighted by molar-refractivity contribution is -0.129. The first-order valence-corrected chi connectivity index (χ1v) is 7.47. The molecule has 22 heavy (non-hydrogen) atoms. The first-order valence-electron chi connectivity index (χ1n) is 7.47. The van der Waals surface area contributed by atoms with Gasteiger partial charge in [0.2, 0.25) is 11.8 Å². The van der Waals surface area contributed by atoms with Crippen molar-refractivity contribution in [3.05, 3.63) is 29.8 Å². The van der Waals surface area contributed by atoms with Gasteiger partial charge in [0.1, 0.15) is 6.04 Å².